The fourth-order valence-corrected chi connectivity index (χ4v) is 2.67. The molecule has 0 aliphatic heterocycles. The van der Waals surface area contributed by atoms with Gasteiger partial charge in [0.2, 0.25) is 5.16 Å². The monoisotopic (exact) mass is 303 g/mol. The van der Waals surface area contributed by atoms with Gasteiger partial charge in [-0.1, -0.05) is 17.8 Å². The second-order valence-electron chi connectivity index (χ2n) is 4.28. The lowest BCUT2D eigenvalue weighted by Gasteiger charge is -2.04. The molecule has 0 aliphatic rings. The third-order valence-electron chi connectivity index (χ3n) is 2.81. The zero-order valence-electron chi connectivity index (χ0n) is 11.1. The summed E-state index contributed by atoms with van der Waals surface area (Å²) in [5.74, 6) is 0.519. The Balaban J connectivity index is 1.82. The van der Waals surface area contributed by atoms with Gasteiger partial charge in [-0.05, 0) is 22.6 Å². The number of thioether (sulfide) groups is 1. The van der Waals surface area contributed by atoms with Gasteiger partial charge in [0.1, 0.15) is 5.65 Å². The number of nitrogens with zero attached hydrogens (tertiary/aromatic N) is 6. The van der Waals surface area contributed by atoms with E-state index < -0.39 is 0 Å². The van der Waals surface area contributed by atoms with Gasteiger partial charge in [-0.25, -0.2) is 9.67 Å². The minimum atomic E-state index is -0.0993. The van der Waals surface area contributed by atoms with E-state index in [1.54, 1.807) is 23.0 Å². The SMILES string of the molecule is NCCn1nnnc1SCc1cc(=O)n2ccccc2n1. The Labute approximate surface area is 124 Å². The molecule has 0 saturated carbocycles. The van der Waals surface area contributed by atoms with Crippen LogP contribution in [0.3, 0.4) is 0 Å². The number of hydrogen-bond acceptors (Lipinski definition) is 7. The van der Waals surface area contributed by atoms with Crippen LogP contribution < -0.4 is 11.3 Å². The molecule has 0 atom stereocenters. The van der Waals surface area contributed by atoms with Crippen molar-refractivity contribution >= 4 is 17.4 Å². The smallest absolute Gasteiger partial charge is 0.258 e. The number of pyridine rings is 1. The molecule has 3 rings (SSSR count). The van der Waals surface area contributed by atoms with Crippen molar-refractivity contribution in [2.45, 2.75) is 17.5 Å². The zero-order valence-corrected chi connectivity index (χ0v) is 11.9. The van der Waals surface area contributed by atoms with Crippen LogP contribution in [0.4, 0.5) is 0 Å². The van der Waals surface area contributed by atoms with Crippen LogP contribution in [0.15, 0.2) is 40.4 Å². The molecule has 0 aromatic carbocycles. The minimum Gasteiger partial charge on any atom is -0.329 e. The Morgan fingerprint density at radius 3 is 3.10 bits per heavy atom. The van der Waals surface area contributed by atoms with E-state index in [1.165, 1.54) is 22.2 Å². The summed E-state index contributed by atoms with van der Waals surface area (Å²) in [6, 6.07) is 6.97. The van der Waals surface area contributed by atoms with E-state index in [0.29, 0.717) is 35.3 Å². The van der Waals surface area contributed by atoms with Gasteiger partial charge in [0.25, 0.3) is 5.56 Å². The van der Waals surface area contributed by atoms with Crippen LogP contribution in [0.1, 0.15) is 5.69 Å². The first-order chi connectivity index (χ1) is 10.3. The summed E-state index contributed by atoms with van der Waals surface area (Å²) in [5.41, 5.74) is 6.72. The lowest BCUT2D eigenvalue weighted by Crippen LogP contribution is -2.15. The maximum Gasteiger partial charge on any atom is 0.258 e. The van der Waals surface area contributed by atoms with Gasteiger partial charge < -0.3 is 5.73 Å². The molecule has 2 N–H and O–H groups in total. The Bertz CT molecular complexity index is 812. The average Bonchev–Trinajstić information content (AvgIpc) is 2.93. The van der Waals surface area contributed by atoms with E-state index in [0.717, 1.165) is 0 Å². The lowest BCUT2D eigenvalue weighted by molar-refractivity contribution is 0.557. The lowest BCUT2D eigenvalue weighted by atomic mass is 10.4. The topological polar surface area (TPSA) is 104 Å². The second-order valence-corrected chi connectivity index (χ2v) is 5.22. The van der Waals surface area contributed by atoms with Crippen molar-refractivity contribution < 1.29 is 0 Å². The standard InChI is InChI=1S/C12H13N7OS/c13-4-6-19-12(15-16-17-19)21-8-9-7-11(20)18-5-2-1-3-10(18)14-9/h1-3,5,7H,4,6,8,13H2. The van der Waals surface area contributed by atoms with Gasteiger partial charge in [-0.2, -0.15) is 0 Å². The molecule has 0 bridgehead atoms. The van der Waals surface area contributed by atoms with Crippen molar-refractivity contribution in [1.29, 1.82) is 0 Å². The van der Waals surface area contributed by atoms with Gasteiger partial charge in [-0.3, -0.25) is 9.20 Å². The van der Waals surface area contributed by atoms with E-state index in [1.807, 2.05) is 6.07 Å². The first-order valence-corrected chi connectivity index (χ1v) is 7.33. The Morgan fingerprint density at radius 2 is 2.24 bits per heavy atom. The molecule has 108 valence electrons. The maximum absolute atomic E-state index is 12.0. The molecular formula is C12H13N7OS. The third kappa shape index (κ3) is 2.93. The highest BCUT2D eigenvalue weighted by molar-refractivity contribution is 7.98. The molecule has 9 heteroatoms. The first-order valence-electron chi connectivity index (χ1n) is 6.34. The summed E-state index contributed by atoms with van der Waals surface area (Å²) in [4.78, 5) is 16.4. The predicted molar refractivity (Wildman–Crippen MR) is 77.9 cm³/mol. The Hall–Kier alpha value is -2.26. The summed E-state index contributed by atoms with van der Waals surface area (Å²) in [6.45, 7) is 1.03. The Morgan fingerprint density at radius 1 is 1.33 bits per heavy atom. The molecular weight excluding hydrogens is 290 g/mol. The number of nitrogens with two attached hydrogens (primary N) is 1. The van der Waals surface area contributed by atoms with Crippen LogP contribution in [0.25, 0.3) is 5.65 Å². The van der Waals surface area contributed by atoms with Crippen LogP contribution in [0, 0.1) is 0 Å². The molecule has 3 aromatic rings. The van der Waals surface area contributed by atoms with E-state index in [-0.39, 0.29) is 5.56 Å². The fourth-order valence-electron chi connectivity index (χ4n) is 1.88. The fraction of sp³-hybridized carbons (Fsp3) is 0.250. The van der Waals surface area contributed by atoms with Gasteiger partial charge >= 0.3 is 0 Å². The van der Waals surface area contributed by atoms with Crippen molar-refractivity contribution in [2.24, 2.45) is 5.73 Å². The number of rotatable bonds is 5. The number of tetrazole rings is 1. The van der Waals surface area contributed by atoms with E-state index in [2.05, 4.69) is 20.5 Å². The quantitative estimate of drug-likeness (QED) is 0.658. The van der Waals surface area contributed by atoms with Crippen LogP contribution in [0.5, 0.6) is 0 Å². The van der Waals surface area contributed by atoms with Gasteiger partial charge in [0.05, 0.1) is 12.2 Å². The van der Waals surface area contributed by atoms with Crippen LogP contribution in [-0.2, 0) is 12.3 Å². The highest BCUT2D eigenvalue weighted by atomic mass is 32.2. The molecule has 0 amide bonds. The van der Waals surface area contributed by atoms with Crippen LogP contribution in [-0.4, -0.2) is 36.1 Å². The first kappa shape index (κ1) is 13.7. The van der Waals surface area contributed by atoms with Crippen molar-refractivity contribution in [2.75, 3.05) is 6.54 Å². The van der Waals surface area contributed by atoms with Crippen molar-refractivity contribution in [3.05, 3.63) is 46.5 Å². The van der Waals surface area contributed by atoms with Crippen LogP contribution in [0.2, 0.25) is 0 Å². The van der Waals surface area contributed by atoms with Gasteiger partial charge in [-0.15, -0.1) is 5.10 Å². The molecule has 0 spiro atoms. The minimum absolute atomic E-state index is 0.0993. The summed E-state index contributed by atoms with van der Waals surface area (Å²) >= 11 is 1.42. The third-order valence-corrected chi connectivity index (χ3v) is 3.80. The predicted octanol–water partition coefficient (Wildman–Crippen LogP) is -0.0680. The summed E-state index contributed by atoms with van der Waals surface area (Å²) in [5, 5.41) is 12.1. The van der Waals surface area contributed by atoms with Gasteiger partial charge in [0.15, 0.2) is 0 Å². The molecule has 0 unspecified atom stereocenters. The molecule has 0 aliphatic carbocycles. The highest BCUT2D eigenvalue weighted by Crippen LogP contribution is 2.18. The van der Waals surface area contributed by atoms with Gasteiger partial charge in [0, 0.05) is 24.6 Å². The number of fused-ring (bicyclic) bond motifs is 1. The van der Waals surface area contributed by atoms with E-state index >= 15 is 0 Å². The Kier molecular flexibility index (Phi) is 3.93. The number of aromatic nitrogens is 6. The molecule has 3 aromatic heterocycles. The molecule has 21 heavy (non-hydrogen) atoms. The van der Waals surface area contributed by atoms with E-state index in [9.17, 15) is 4.79 Å². The number of hydrogen-bond donors (Lipinski definition) is 1. The summed E-state index contributed by atoms with van der Waals surface area (Å²) in [6.07, 6.45) is 1.70. The summed E-state index contributed by atoms with van der Waals surface area (Å²) < 4.78 is 3.14. The van der Waals surface area contributed by atoms with Crippen molar-refractivity contribution in [1.82, 2.24) is 29.6 Å². The van der Waals surface area contributed by atoms with Crippen molar-refractivity contribution in [3.8, 4) is 0 Å². The average molecular weight is 303 g/mol. The van der Waals surface area contributed by atoms with Crippen molar-refractivity contribution in [3.63, 3.8) is 0 Å². The molecule has 0 fully saturated rings. The zero-order chi connectivity index (χ0) is 14.7. The van der Waals surface area contributed by atoms with E-state index in [4.69, 9.17) is 5.73 Å². The highest BCUT2D eigenvalue weighted by Gasteiger charge is 2.08. The normalized spacial score (nSPS) is 11.1. The maximum atomic E-state index is 12.0. The molecule has 8 nitrogen and oxygen atoms in total. The van der Waals surface area contributed by atoms with Crippen LogP contribution >= 0.6 is 11.8 Å². The summed E-state index contributed by atoms with van der Waals surface area (Å²) in [7, 11) is 0. The second kappa shape index (κ2) is 6.02. The molecule has 0 radical (unpaired) electrons. The largest absolute Gasteiger partial charge is 0.329 e. The molecule has 0 saturated heterocycles. The molecule has 3 heterocycles.